The van der Waals surface area contributed by atoms with Gasteiger partial charge in [-0.15, -0.1) is 18.7 Å². The van der Waals surface area contributed by atoms with E-state index in [-0.39, 0.29) is 111 Å². The van der Waals surface area contributed by atoms with E-state index in [4.69, 9.17) is 65.5 Å². The normalized spacial score (nSPS) is 10.9. The Morgan fingerprint density at radius 2 is 0.989 bits per heavy atom. The fraction of sp³-hybridized carbons (Fsp3) is 0.167. The van der Waals surface area contributed by atoms with Gasteiger partial charge < -0.3 is 54.5 Å². The molecular weight excluding hydrogens is 1270 g/mol. The van der Waals surface area contributed by atoms with E-state index in [2.05, 4.69) is 46.5 Å². The van der Waals surface area contributed by atoms with E-state index in [0.717, 1.165) is 57.3 Å². The molecule has 0 atom stereocenters. The molecule has 2 aliphatic heterocycles. The van der Waals surface area contributed by atoms with Gasteiger partial charge in [0.2, 0.25) is 26.0 Å². The molecule has 39 heteroatoms. The monoisotopic (exact) mass is 1310 g/mol. The van der Waals surface area contributed by atoms with Crippen molar-refractivity contribution in [3.8, 4) is 45.8 Å². The first kappa shape index (κ1) is 76.5. The van der Waals surface area contributed by atoms with E-state index in [9.17, 15) is 29.8 Å². The van der Waals surface area contributed by atoms with Gasteiger partial charge in [0.1, 0.15) is 44.8 Å². The number of aromatic nitrogens is 12. The molecule has 0 amide bonds. The summed E-state index contributed by atoms with van der Waals surface area (Å²) in [4.78, 5) is 57.7. The van der Waals surface area contributed by atoms with E-state index >= 15 is 0 Å². The van der Waals surface area contributed by atoms with Crippen molar-refractivity contribution in [2.24, 2.45) is 5.14 Å². The molecule has 0 saturated carbocycles. The predicted octanol–water partition coefficient (Wildman–Crippen LogP) is -6.42. The molecule has 9 aromatic rings. The van der Waals surface area contributed by atoms with E-state index in [1.165, 1.54) is 6.07 Å². The van der Waals surface area contributed by atoms with Gasteiger partial charge in [0.05, 0.1) is 34.3 Å². The number of nitrogens with two attached hydrogens (primary N) is 1. The first-order chi connectivity index (χ1) is 38.5. The second-order valence-electron chi connectivity index (χ2n) is 17.1. The molecule has 11 rings (SSSR count). The van der Waals surface area contributed by atoms with Crippen molar-refractivity contribution in [3.05, 3.63) is 116 Å². The third-order valence-corrected chi connectivity index (χ3v) is 11.9. The number of nitrogens with one attached hydrogen (secondary N) is 3. The minimum absolute atomic E-state index is 0. The molecular formula is C48H46CuLi3N17O13S5. The number of anilines is 4. The Balaban J connectivity index is 0.000000483. The molecule has 0 fully saturated rings. The molecule has 0 spiro atoms. The second kappa shape index (κ2) is 32.6. The Hall–Kier alpha value is -6.63. The van der Waals surface area contributed by atoms with Crippen molar-refractivity contribution in [2.75, 3.05) is 61.5 Å². The minimum Gasteiger partial charge on any atom is -0.748 e. The van der Waals surface area contributed by atoms with E-state index in [1.807, 2.05) is 72.8 Å². The molecule has 7 heterocycles. The van der Waals surface area contributed by atoms with E-state index < -0.39 is 50.9 Å². The van der Waals surface area contributed by atoms with E-state index in [0.29, 0.717) is 75.2 Å². The van der Waals surface area contributed by atoms with Gasteiger partial charge in [0, 0.05) is 85.6 Å². The Morgan fingerprint density at radius 1 is 0.598 bits per heavy atom. The molecule has 445 valence electrons. The molecule has 8 bridgehead atoms. The van der Waals surface area contributed by atoms with Crippen LogP contribution in [0, 0.1) is 6.07 Å². The van der Waals surface area contributed by atoms with Crippen LogP contribution in [0.15, 0.2) is 114 Å². The van der Waals surface area contributed by atoms with Crippen LogP contribution in [-0.2, 0) is 68.0 Å². The van der Waals surface area contributed by atoms with Crippen LogP contribution in [0.1, 0.15) is 7.43 Å². The molecule has 2 aliphatic rings. The summed E-state index contributed by atoms with van der Waals surface area (Å²) in [6.45, 7) is 0.397. The average molecular weight is 1310 g/mol. The summed E-state index contributed by atoms with van der Waals surface area (Å²) < 4.78 is 129. The predicted molar refractivity (Wildman–Crippen MR) is 305 cm³/mol. The number of primary sulfonamides is 1. The Labute approximate surface area is 547 Å². The van der Waals surface area contributed by atoms with Crippen LogP contribution in [-0.4, -0.2) is 151 Å². The molecule has 1 radical (unpaired) electrons. The van der Waals surface area contributed by atoms with Crippen molar-refractivity contribution in [1.29, 1.82) is 0 Å². The Morgan fingerprint density at radius 3 is 1.38 bits per heavy atom. The molecule has 4 aromatic carbocycles. The summed E-state index contributed by atoms with van der Waals surface area (Å²) in [6, 6.07) is 31.6. The number of sulfonamides is 2. The fourth-order valence-electron chi connectivity index (χ4n) is 7.25. The van der Waals surface area contributed by atoms with Crippen LogP contribution in [0.2, 0.25) is 0 Å². The summed E-state index contributed by atoms with van der Waals surface area (Å²) in [5.74, 6) is 2.92. The first-order valence-electron chi connectivity index (χ1n) is 22.9. The molecule has 0 saturated heterocycles. The largest absolute Gasteiger partial charge is 2.00 e. The minimum atomic E-state index is -4.59. The summed E-state index contributed by atoms with van der Waals surface area (Å²) in [7, 11) is -14.5. The number of fused-ring (bicyclic) bond motifs is 20. The van der Waals surface area contributed by atoms with Crippen molar-refractivity contribution in [2.45, 2.75) is 12.3 Å². The quantitative estimate of drug-likeness (QED) is 0.0452. The van der Waals surface area contributed by atoms with Crippen LogP contribution >= 0.6 is 0 Å². The number of benzene rings is 4. The summed E-state index contributed by atoms with van der Waals surface area (Å²) in [5, 5.41) is 13.5. The van der Waals surface area contributed by atoms with Crippen LogP contribution < -0.4 is 91.9 Å². The number of nitrogens with zero attached hydrogens (tertiary/aromatic N) is 13. The SMILES string of the molecule is C.CN(C)c1cc(Nc2[c-]ccc(S(=O)(=O)[O-])c2)nc(NCCNS(C)(=O)=O)n1.CS(=O)(=O)[O-].CS(N)(=O)=O.O=S(=O)=O.[Cu+2].[Li+].[Li+].[Li+].c1ccc2c(c1)-c1nc-2nc2[n-]c(nc3nc(nc4[n-]c(n1)c1ccccc41)-c1nccnc1-3)c1ccccc21. The van der Waals surface area contributed by atoms with Gasteiger partial charge in [-0.2, -0.15) is 28.2 Å². The van der Waals surface area contributed by atoms with Gasteiger partial charge in [0.25, 0.3) is 0 Å². The first-order valence-corrected chi connectivity index (χ1v) is 31.0. The Bertz CT molecular complexity index is 4330. The van der Waals surface area contributed by atoms with Crippen molar-refractivity contribution >= 4 is 118 Å². The maximum Gasteiger partial charge on any atom is 2.00 e. The van der Waals surface area contributed by atoms with Gasteiger partial charge in [-0.3, -0.25) is 9.97 Å². The van der Waals surface area contributed by atoms with Crippen molar-refractivity contribution in [1.82, 2.24) is 64.5 Å². The molecule has 0 unspecified atom stereocenters. The molecule has 0 aliphatic carbocycles. The zero-order valence-electron chi connectivity index (χ0n) is 46.3. The fourth-order valence-corrected chi connectivity index (χ4v) is 8.22. The van der Waals surface area contributed by atoms with E-state index in [1.54, 1.807) is 37.5 Å². The topological polar surface area (TPSA) is 456 Å². The molecule has 5 N–H and O–H groups in total. The van der Waals surface area contributed by atoms with Crippen LogP contribution in [0.5, 0.6) is 0 Å². The summed E-state index contributed by atoms with van der Waals surface area (Å²) in [6.07, 6.45) is 5.83. The molecule has 30 nitrogen and oxygen atoms in total. The molecule has 87 heavy (non-hydrogen) atoms. The number of hydrogen-bond donors (Lipinski definition) is 4. The zero-order chi connectivity index (χ0) is 59.7. The van der Waals surface area contributed by atoms with Gasteiger partial charge in [-0.05, 0) is 21.5 Å². The van der Waals surface area contributed by atoms with Crippen molar-refractivity contribution in [3.63, 3.8) is 0 Å². The number of hydrogen-bond acceptors (Lipinski definition) is 26. The third kappa shape index (κ3) is 22.5. The van der Waals surface area contributed by atoms with Gasteiger partial charge in [-0.1, -0.05) is 90.8 Å². The maximum absolute atomic E-state index is 11.2. The van der Waals surface area contributed by atoms with Gasteiger partial charge in [-0.25, -0.2) is 53.5 Å². The maximum atomic E-state index is 11.2. The second-order valence-corrected chi connectivity index (χ2v) is 23.7. The average Bonchev–Trinajstić information content (AvgIpc) is 1.69. The van der Waals surface area contributed by atoms with Crippen LogP contribution in [0.25, 0.3) is 89.9 Å². The zero-order valence-corrected chi connectivity index (χ0v) is 51.4. The Kier molecular flexibility index (Phi) is 28.6. The summed E-state index contributed by atoms with van der Waals surface area (Å²) >= 11 is 0. The van der Waals surface area contributed by atoms with Crippen molar-refractivity contribution < 1.29 is 129 Å². The van der Waals surface area contributed by atoms with Gasteiger partial charge >= 0.3 is 84.3 Å². The number of rotatable bonds is 9. The van der Waals surface area contributed by atoms with Gasteiger partial charge in [0.15, 0.2) is 0 Å². The third-order valence-electron chi connectivity index (χ3n) is 10.3. The standard InChI is InChI=1S/C30H14N10.C15H21N6O5S2.CH5NO2S.CH4O3S.CH4.Cu.3Li.O3S/c1-2-8-16-15(7-1)23-33-24(16)35-26-18-10-4-6-12-20(18)28(37-26)39-30-22-21(31-13-14-32-22)29(40-30)38-27-19-11-5-3-9-17(19)25(34-23)36-27;1-21(2)14-10-13(18-11-5-4-6-12(9-11)28(24,25)26)19-15(20-14)16-7-8-17-27(3,22)23;2*1-5(2,3)4;;;;;;1-4(2)3/h1-14H;4,6,9-10,17H,7-8H2,1-3H3,(H,24,25,26)(H2,16,18,19,20);1H3,(H2,2,3,4);1H3,(H,2,3,4);1H4;;;;;/q-2;-1;;;;+2;3*+1;/p-2. The van der Waals surface area contributed by atoms with Crippen LogP contribution in [0.4, 0.5) is 23.3 Å². The molecule has 5 aromatic heterocycles. The summed E-state index contributed by atoms with van der Waals surface area (Å²) in [5.41, 5.74) is 5.06. The van der Waals surface area contributed by atoms with Crippen LogP contribution in [0.3, 0.4) is 0 Å². The smallest absolute Gasteiger partial charge is 0.748 e.